The standard InChI is InChI=1S/C20H15N7/c1-2-13(17-7-9-24-27-17)10-15(3-1)25-20-21-8-6-16(26-20)14-4-5-18-19(11-14)23-12-22-18/h1-12H,(H,22,23)(H,24,27)(H,21,25,26). The fourth-order valence-corrected chi connectivity index (χ4v) is 2.98. The molecule has 0 spiro atoms. The first-order valence-electron chi connectivity index (χ1n) is 8.48. The summed E-state index contributed by atoms with van der Waals surface area (Å²) in [6, 6.07) is 17.9. The Morgan fingerprint density at radius 2 is 1.85 bits per heavy atom. The van der Waals surface area contributed by atoms with Crippen LogP contribution in [0.2, 0.25) is 0 Å². The van der Waals surface area contributed by atoms with Crippen molar-refractivity contribution >= 4 is 22.7 Å². The van der Waals surface area contributed by atoms with Crippen molar-refractivity contribution in [2.45, 2.75) is 0 Å². The van der Waals surface area contributed by atoms with E-state index in [2.05, 4.69) is 35.5 Å². The van der Waals surface area contributed by atoms with Gasteiger partial charge in [0.1, 0.15) is 0 Å². The van der Waals surface area contributed by atoms with Crippen molar-refractivity contribution in [3.8, 4) is 22.5 Å². The molecule has 130 valence electrons. The zero-order valence-corrected chi connectivity index (χ0v) is 14.2. The minimum Gasteiger partial charge on any atom is -0.345 e. The molecule has 0 radical (unpaired) electrons. The highest BCUT2D eigenvalue weighted by molar-refractivity contribution is 5.80. The second-order valence-corrected chi connectivity index (χ2v) is 6.08. The van der Waals surface area contributed by atoms with E-state index in [0.29, 0.717) is 5.95 Å². The smallest absolute Gasteiger partial charge is 0.227 e. The predicted molar refractivity (Wildman–Crippen MR) is 104 cm³/mol. The van der Waals surface area contributed by atoms with Gasteiger partial charge in [-0.1, -0.05) is 18.2 Å². The van der Waals surface area contributed by atoms with Crippen molar-refractivity contribution in [1.82, 2.24) is 30.1 Å². The summed E-state index contributed by atoms with van der Waals surface area (Å²) >= 11 is 0. The average molecular weight is 353 g/mol. The summed E-state index contributed by atoms with van der Waals surface area (Å²) in [6.45, 7) is 0. The van der Waals surface area contributed by atoms with E-state index in [1.54, 1.807) is 18.7 Å². The molecule has 0 unspecified atom stereocenters. The third-order valence-corrected chi connectivity index (χ3v) is 4.30. The summed E-state index contributed by atoms with van der Waals surface area (Å²) in [6.07, 6.45) is 5.17. The molecule has 0 aliphatic heterocycles. The number of benzene rings is 2. The van der Waals surface area contributed by atoms with Crippen LogP contribution in [0.1, 0.15) is 0 Å². The second kappa shape index (κ2) is 6.38. The van der Waals surface area contributed by atoms with Crippen LogP contribution in [0.5, 0.6) is 0 Å². The Morgan fingerprint density at radius 3 is 2.78 bits per heavy atom. The molecule has 0 fully saturated rings. The summed E-state index contributed by atoms with van der Waals surface area (Å²) in [5.41, 5.74) is 6.66. The van der Waals surface area contributed by atoms with E-state index in [1.165, 1.54) is 0 Å². The van der Waals surface area contributed by atoms with E-state index < -0.39 is 0 Å². The first kappa shape index (κ1) is 15.3. The Labute approximate surface area is 154 Å². The molecule has 0 saturated heterocycles. The summed E-state index contributed by atoms with van der Waals surface area (Å²) in [5.74, 6) is 0.541. The van der Waals surface area contributed by atoms with Crippen LogP contribution in [0, 0.1) is 0 Å². The Balaban J connectivity index is 1.45. The van der Waals surface area contributed by atoms with Crippen molar-refractivity contribution in [2.75, 3.05) is 5.32 Å². The largest absolute Gasteiger partial charge is 0.345 e. The van der Waals surface area contributed by atoms with Gasteiger partial charge in [-0.05, 0) is 36.4 Å². The summed E-state index contributed by atoms with van der Waals surface area (Å²) < 4.78 is 0. The lowest BCUT2D eigenvalue weighted by Gasteiger charge is -2.08. The lowest BCUT2D eigenvalue weighted by Crippen LogP contribution is -1.98. The maximum absolute atomic E-state index is 4.65. The van der Waals surface area contributed by atoms with Crippen LogP contribution in [0.15, 0.2) is 73.3 Å². The molecule has 2 aromatic carbocycles. The third-order valence-electron chi connectivity index (χ3n) is 4.30. The molecule has 0 aliphatic rings. The lowest BCUT2D eigenvalue weighted by molar-refractivity contribution is 1.10. The molecule has 27 heavy (non-hydrogen) atoms. The number of fused-ring (bicyclic) bond motifs is 1. The van der Waals surface area contributed by atoms with Crippen LogP contribution in [-0.4, -0.2) is 30.1 Å². The first-order chi connectivity index (χ1) is 13.3. The van der Waals surface area contributed by atoms with Crippen molar-refractivity contribution in [2.24, 2.45) is 0 Å². The molecule has 5 rings (SSSR count). The van der Waals surface area contributed by atoms with Gasteiger partial charge in [0, 0.05) is 29.2 Å². The van der Waals surface area contributed by atoms with Crippen molar-refractivity contribution < 1.29 is 0 Å². The van der Waals surface area contributed by atoms with E-state index >= 15 is 0 Å². The number of hydrogen-bond donors (Lipinski definition) is 3. The van der Waals surface area contributed by atoms with Gasteiger partial charge in [-0.15, -0.1) is 0 Å². The molecule has 7 heteroatoms. The highest BCUT2D eigenvalue weighted by Gasteiger charge is 2.06. The molecule has 0 bridgehead atoms. The van der Waals surface area contributed by atoms with Gasteiger partial charge in [-0.2, -0.15) is 5.10 Å². The van der Waals surface area contributed by atoms with E-state index in [0.717, 1.165) is 39.2 Å². The number of imidazole rings is 1. The maximum atomic E-state index is 4.65. The molecule has 0 aliphatic carbocycles. The number of nitrogens with zero attached hydrogens (tertiary/aromatic N) is 4. The Morgan fingerprint density at radius 1 is 0.852 bits per heavy atom. The quantitative estimate of drug-likeness (QED) is 0.451. The Bertz CT molecular complexity index is 1210. The lowest BCUT2D eigenvalue weighted by atomic mass is 10.1. The number of H-pyrrole nitrogens is 2. The molecule has 0 atom stereocenters. The molecule has 7 nitrogen and oxygen atoms in total. The van der Waals surface area contributed by atoms with Crippen molar-refractivity contribution in [3.63, 3.8) is 0 Å². The first-order valence-corrected chi connectivity index (χ1v) is 8.48. The minimum atomic E-state index is 0.541. The van der Waals surface area contributed by atoms with Crippen molar-refractivity contribution in [3.05, 3.63) is 73.3 Å². The number of rotatable bonds is 4. The van der Waals surface area contributed by atoms with Gasteiger partial charge < -0.3 is 10.3 Å². The van der Waals surface area contributed by atoms with Crippen LogP contribution in [-0.2, 0) is 0 Å². The van der Waals surface area contributed by atoms with Crippen LogP contribution in [0.3, 0.4) is 0 Å². The molecule has 5 aromatic rings. The molecule has 3 heterocycles. The average Bonchev–Trinajstić information content (AvgIpc) is 3.40. The van der Waals surface area contributed by atoms with Gasteiger partial charge in [0.15, 0.2) is 0 Å². The van der Waals surface area contributed by atoms with E-state index in [4.69, 9.17) is 0 Å². The fraction of sp³-hybridized carbons (Fsp3) is 0. The normalized spacial score (nSPS) is 11.0. The van der Waals surface area contributed by atoms with Crippen LogP contribution >= 0.6 is 0 Å². The SMILES string of the molecule is c1cc(Nc2nccc(-c3ccc4nc[nH]c4c3)n2)cc(-c2ccn[nH]2)c1. The van der Waals surface area contributed by atoms with Gasteiger partial charge in [-0.25, -0.2) is 15.0 Å². The minimum absolute atomic E-state index is 0.541. The van der Waals surface area contributed by atoms with Gasteiger partial charge in [0.25, 0.3) is 0 Å². The van der Waals surface area contributed by atoms with Crippen LogP contribution in [0.4, 0.5) is 11.6 Å². The number of aromatic amines is 2. The molecule has 0 saturated carbocycles. The summed E-state index contributed by atoms with van der Waals surface area (Å²) in [7, 11) is 0. The number of aromatic nitrogens is 6. The highest BCUT2D eigenvalue weighted by Crippen LogP contribution is 2.24. The predicted octanol–water partition coefficient (Wildman–Crippen LogP) is 4.15. The Hall–Kier alpha value is -4.00. The monoisotopic (exact) mass is 353 g/mol. The zero-order valence-electron chi connectivity index (χ0n) is 14.2. The van der Waals surface area contributed by atoms with E-state index in [1.807, 2.05) is 54.6 Å². The van der Waals surface area contributed by atoms with Crippen LogP contribution in [0.25, 0.3) is 33.5 Å². The topological polar surface area (TPSA) is 95.2 Å². The zero-order chi connectivity index (χ0) is 18.1. The summed E-state index contributed by atoms with van der Waals surface area (Å²) in [4.78, 5) is 16.4. The number of nitrogens with one attached hydrogen (secondary N) is 3. The van der Waals surface area contributed by atoms with Gasteiger partial charge in [0.2, 0.25) is 5.95 Å². The molecular weight excluding hydrogens is 338 g/mol. The second-order valence-electron chi connectivity index (χ2n) is 6.08. The van der Waals surface area contributed by atoms with Gasteiger partial charge in [-0.3, -0.25) is 5.10 Å². The molecule has 0 amide bonds. The Kier molecular flexibility index (Phi) is 3.61. The highest BCUT2D eigenvalue weighted by atomic mass is 15.1. The number of hydrogen-bond acceptors (Lipinski definition) is 5. The summed E-state index contributed by atoms with van der Waals surface area (Å²) in [5, 5.41) is 10.2. The molecular formula is C20H15N7. The maximum Gasteiger partial charge on any atom is 0.227 e. The van der Waals surface area contributed by atoms with Gasteiger partial charge >= 0.3 is 0 Å². The van der Waals surface area contributed by atoms with Crippen LogP contribution < -0.4 is 5.32 Å². The van der Waals surface area contributed by atoms with E-state index in [9.17, 15) is 0 Å². The van der Waals surface area contributed by atoms with E-state index in [-0.39, 0.29) is 0 Å². The molecule has 3 aromatic heterocycles. The molecule has 3 N–H and O–H groups in total. The van der Waals surface area contributed by atoms with Gasteiger partial charge in [0.05, 0.1) is 28.7 Å². The van der Waals surface area contributed by atoms with Crippen molar-refractivity contribution in [1.29, 1.82) is 0 Å². The number of anilines is 2. The fourth-order valence-electron chi connectivity index (χ4n) is 2.98. The third kappa shape index (κ3) is 3.02.